The normalized spacial score (nSPS) is 20.3. The SMILES string of the molecule is O=C(O)N1CCC[C@@H]([C@@H](OCCO)c2cccc(F)c2)C1. The minimum Gasteiger partial charge on any atom is -0.465 e. The van der Waals surface area contributed by atoms with Crippen molar-refractivity contribution in [3.63, 3.8) is 0 Å². The van der Waals surface area contributed by atoms with Crippen LogP contribution in [0.25, 0.3) is 0 Å². The van der Waals surface area contributed by atoms with Crippen LogP contribution in [0.2, 0.25) is 0 Å². The molecule has 1 aliphatic rings. The fourth-order valence-corrected chi connectivity index (χ4v) is 2.80. The Morgan fingerprint density at radius 3 is 3.00 bits per heavy atom. The second kappa shape index (κ2) is 7.38. The molecule has 1 aliphatic heterocycles. The molecular weight excluding hydrogens is 277 g/mol. The number of hydrogen-bond acceptors (Lipinski definition) is 3. The highest BCUT2D eigenvalue weighted by Gasteiger charge is 2.31. The summed E-state index contributed by atoms with van der Waals surface area (Å²) in [7, 11) is 0. The highest BCUT2D eigenvalue weighted by molar-refractivity contribution is 5.65. The van der Waals surface area contributed by atoms with E-state index in [0.29, 0.717) is 18.7 Å². The summed E-state index contributed by atoms with van der Waals surface area (Å²) in [5.41, 5.74) is 0.681. The van der Waals surface area contributed by atoms with Crippen LogP contribution in [0.15, 0.2) is 24.3 Å². The lowest BCUT2D eigenvalue weighted by molar-refractivity contribution is -0.0263. The lowest BCUT2D eigenvalue weighted by Crippen LogP contribution is -2.41. The van der Waals surface area contributed by atoms with Crippen molar-refractivity contribution in [2.45, 2.75) is 18.9 Å². The third-order valence-electron chi connectivity index (χ3n) is 3.72. The molecule has 1 fully saturated rings. The quantitative estimate of drug-likeness (QED) is 0.874. The highest BCUT2D eigenvalue weighted by Crippen LogP contribution is 2.33. The molecule has 0 spiro atoms. The maximum absolute atomic E-state index is 13.4. The summed E-state index contributed by atoms with van der Waals surface area (Å²) in [4.78, 5) is 12.5. The number of likely N-dealkylation sites (tertiary alicyclic amines) is 1. The minimum atomic E-state index is -0.945. The number of piperidine rings is 1. The van der Waals surface area contributed by atoms with Gasteiger partial charge in [0.2, 0.25) is 0 Å². The van der Waals surface area contributed by atoms with Crippen LogP contribution in [0, 0.1) is 11.7 Å². The number of benzene rings is 1. The molecule has 0 unspecified atom stereocenters. The van der Waals surface area contributed by atoms with Gasteiger partial charge in [0.05, 0.1) is 19.3 Å². The third kappa shape index (κ3) is 4.15. The number of rotatable bonds is 5. The van der Waals surface area contributed by atoms with E-state index in [0.717, 1.165) is 12.8 Å². The summed E-state index contributed by atoms with van der Waals surface area (Å²) in [5.74, 6) is -0.390. The van der Waals surface area contributed by atoms with Crippen molar-refractivity contribution < 1.29 is 24.1 Å². The van der Waals surface area contributed by atoms with E-state index in [2.05, 4.69) is 0 Å². The lowest BCUT2D eigenvalue weighted by atomic mass is 9.88. The molecule has 1 heterocycles. The zero-order valence-electron chi connectivity index (χ0n) is 11.7. The Balaban J connectivity index is 2.17. The number of nitrogens with zero attached hydrogens (tertiary/aromatic N) is 1. The van der Waals surface area contributed by atoms with Gasteiger partial charge in [0, 0.05) is 19.0 Å². The van der Waals surface area contributed by atoms with E-state index >= 15 is 0 Å². The number of halogens is 1. The van der Waals surface area contributed by atoms with Gasteiger partial charge in [-0.15, -0.1) is 0 Å². The molecule has 1 aromatic carbocycles. The largest absolute Gasteiger partial charge is 0.465 e. The Morgan fingerprint density at radius 1 is 1.52 bits per heavy atom. The zero-order valence-corrected chi connectivity index (χ0v) is 11.7. The second-order valence-electron chi connectivity index (χ2n) is 5.20. The van der Waals surface area contributed by atoms with Gasteiger partial charge in [0.15, 0.2) is 0 Å². The highest BCUT2D eigenvalue weighted by atomic mass is 19.1. The average Bonchev–Trinajstić information content (AvgIpc) is 2.48. The first kappa shape index (κ1) is 15.7. The second-order valence-corrected chi connectivity index (χ2v) is 5.20. The van der Waals surface area contributed by atoms with Crippen molar-refractivity contribution in [1.82, 2.24) is 4.90 Å². The van der Waals surface area contributed by atoms with Crippen LogP contribution in [0.1, 0.15) is 24.5 Å². The molecule has 6 heteroatoms. The van der Waals surface area contributed by atoms with Crippen LogP contribution >= 0.6 is 0 Å². The van der Waals surface area contributed by atoms with Gasteiger partial charge in [-0.1, -0.05) is 12.1 Å². The molecule has 21 heavy (non-hydrogen) atoms. The number of carbonyl (C=O) groups is 1. The molecule has 0 saturated carbocycles. The molecule has 2 N–H and O–H groups in total. The van der Waals surface area contributed by atoms with E-state index in [1.807, 2.05) is 0 Å². The van der Waals surface area contributed by atoms with Gasteiger partial charge in [-0.05, 0) is 30.5 Å². The van der Waals surface area contributed by atoms with Crippen LogP contribution in [0.4, 0.5) is 9.18 Å². The molecule has 1 aromatic rings. The molecule has 2 rings (SSSR count). The van der Waals surface area contributed by atoms with Gasteiger partial charge in [-0.3, -0.25) is 0 Å². The summed E-state index contributed by atoms with van der Waals surface area (Å²) < 4.78 is 19.1. The first-order valence-electron chi connectivity index (χ1n) is 7.07. The molecule has 0 radical (unpaired) electrons. The van der Waals surface area contributed by atoms with E-state index in [9.17, 15) is 9.18 Å². The van der Waals surface area contributed by atoms with Gasteiger partial charge >= 0.3 is 6.09 Å². The van der Waals surface area contributed by atoms with Crippen molar-refractivity contribution >= 4 is 6.09 Å². The van der Waals surface area contributed by atoms with Crippen molar-refractivity contribution in [3.8, 4) is 0 Å². The Labute approximate surface area is 122 Å². The summed E-state index contributed by atoms with van der Waals surface area (Å²) in [6, 6.07) is 6.14. The van der Waals surface area contributed by atoms with Gasteiger partial charge < -0.3 is 19.8 Å². The Hall–Kier alpha value is -1.66. The Bertz CT molecular complexity index is 482. The van der Waals surface area contributed by atoms with Crippen LogP contribution in [-0.4, -0.2) is 47.5 Å². The maximum Gasteiger partial charge on any atom is 0.407 e. The van der Waals surface area contributed by atoms with E-state index in [1.54, 1.807) is 12.1 Å². The van der Waals surface area contributed by atoms with E-state index in [1.165, 1.54) is 17.0 Å². The molecule has 5 nitrogen and oxygen atoms in total. The third-order valence-corrected chi connectivity index (χ3v) is 3.72. The summed E-state index contributed by atoms with van der Waals surface area (Å²) in [6.45, 7) is 0.898. The molecule has 0 aromatic heterocycles. The molecule has 1 saturated heterocycles. The summed E-state index contributed by atoms with van der Waals surface area (Å²) in [6.07, 6.45) is 0.219. The number of ether oxygens (including phenoxy) is 1. The summed E-state index contributed by atoms with van der Waals surface area (Å²) in [5, 5.41) is 18.1. The van der Waals surface area contributed by atoms with Crippen molar-refractivity contribution in [3.05, 3.63) is 35.6 Å². The number of aliphatic hydroxyl groups excluding tert-OH is 1. The lowest BCUT2D eigenvalue weighted by Gasteiger charge is -2.35. The number of hydrogen-bond donors (Lipinski definition) is 2. The molecule has 0 bridgehead atoms. The van der Waals surface area contributed by atoms with Crippen molar-refractivity contribution in [2.24, 2.45) is 5.92 Å². The standard InChI is InChI=1S/C15H20FNO4/c16-13-5-1-3-11(9-13)14(21-8-7-18)12-4-2-6-17(10-12)15(19)20/h1,3,5,9,12,14,18H,2,4,6-8,10H2,(H,19,20)/t12-,14+/m1/s1. The molecular formula is C15H20FNO4. The average molecular weight is 297 g/mol. The minimum absolute atomic E-state index is 0.0387. The first-order valence-corrected chi connectivity index (χ1v) is 7.07. The maximum atomic E-state index is 13.4. The van der Waals surface area contributed by atoms with Gasteiger partial charge in [0.1, 0.15) is 5.82 Å². The Morgan fingerprint density at radius 2 is 2.33 bits per heavy atom. The number of amides is 1. The fraction of sp³-hybridized carbons (Fsp3) is 0.533. The molecule has 0 aliphatic carbocycles. The first-order chi connectivity index (χ1) is 10.1. The number of aliphatic hydroxyl groups is 1. The van der Waals surface area contributed by atoms with Crippen LogP contribution in [-0.2, 0) is 4.74 Å². The topological polar surface area (TPSA) is 70.0 Å². The van der Waals surface area contributed by atoms with Gasteiger partial charge in [-0.25, -0.2) is 9.18 Å². The van der Waals surface area contributed by atoms with E-state index in [-0.39, 0.29) is 24.9 Å². The van der Waals surface area contributed by atoms with Gasteiger partial charge in [0.25, 0.3) is 0 Å². The monoisotopic (exact) mass is 297 g/mol. The van der Waals surface area contributed by atoms with Crippen LogP contribution in [0.3, 0.4) is 0 Å². The smallest absolute Gasteiger partial charge is 0.407 e. The van der Waals surface area contributed by atoms with E-state index in [4.69, 9.17) is 14.9 Å². The van der Waals surface area contributed by atoms with Crippen molar-refractivity contribution in [1.29, 1.82) is 0 Å². The van der Waals surface area contributed by atoms with Gasteiger partial charge in [-0.2, -0.15) is 0 Å². The van der Waals surface area contributed by atoms with E-state index < -0.39 is 12.2 Å². The molecule has 1 amide bonds. The van der Waals surface area contributed by atoms with Crippen molar-refractivity contribution in [2.75, 3.05) is 26.3 Å². The molecule has 2 atom stereocenters. The Kier molecular flexibility index (Phi) is 5.52. The predicted octanol–water partition coefficient (Wildman–Crippen LogP) is 2.27. The predicted molar refractivity (Wildman–Crippen MR) is 74.5 cm³/mol. The zero-order chi connectivity index (χ0) is 15.2. The molecule has 116 valence electrons. The summed E-state index contributed by atoms with van der Waals surface area (Å²) >= 11 is 0. The fourth-order valence-electron chi connectivity index (χ4n) is 2.80. The van der Waals surface area contributed by atoms with Crippen LogP contribution in [0.5, 0.6) is 0 Å². The number of carboxylic acid groups (broad SMARTS) is 1. The van der Waals surface area contributed by atoms with Crippen LogP contribution < -0.4 is 0 Å².